The van der Waals surface area contributed by atoms with Crippen LogP contribution >= 0.6 is 0 Å². The SMILES string of the molecule is CCN(C)S(=O)(=O)c1ccccc1[N+](=O)OC. The Balaban J connectivity index is 3.37. The maximum Gasteiger partial charge on any atom is 0.336 e. The number of benzene rings is 1. The van der Waals surface area contributed by atoms with Gasteiger partial charge in [0.1, 0.15) is 0 Å². The van der Waals surface area contributed by atoms with Gasteiger partial charge in [0.25, 0.3) is 4.92 Å². The summed E-state index contributed by atoms with van der Waals surface area (Å²) in [5.74, 6) is 0. The van der Waals surface area contributed by atoms with Gasteiger partial charge in [-0.1, -0.05) is 19.1 Å². The molecule has 0 aliphatic carbocycles. The average molecular weight is 259 g/mol. The van der Waals surface area contributed by atoms with Crippen molar-refractivity contribution in [2.75, 3.05) is 20.7 Å². The van der Waals surface area contributed by atoms with Crippen LogP contribution in [0, 0.1) is 4.91 Å². The monoisotopic (exact) mass is 259 g/mol. The van der Waals surface area contributed by atoms with E-state index in [0.717, 1.165) is 4.31 Å². The van der Waals surface area contributed by atoms with Crippen LogP contribution in [0.25, 0.3) is 0 Å². The third-order valence-corrected chi connectivity index (χ3v) is 4.34. The molecule has 94 valence electrons. The number of nitrogens with zero attached hydrogens (tertiary/aromatic N) is 2. The fraction of sp³-hybridized carbons (Fsp3) is 0.400. The van der Waals surface area contributed by atoms with Crippen molar-refractivity contribution < 1.29 is 18.2 Å². The standard InChI is InChI=1S/C10H15N2O4S/c1-4-11(2)17(14,15)10-8-6-5-7-9(10)12(13)16-3/h5-8H,4H2,1-3H3/q+1. The normalized spacial score (nSPS) is 11.5. The molecule has 0 spiro atoms. The van der Waals surface area contributed by atoms with Gasteiger partial charge in [0.05, 0.1) is 4.91 Å². The van der Waals surface area contributed by atoms with Crippen molar-refractivity contribution >= 4 is 15.7 Å². The van der Waals surface area contributed by atoms with Gasteiger partial charge in [-0.15, -0.1) is 0 Å². The predicted molar refractivity (Wildman–Crippen MR) is 62.2 cm³/mol. The molecule has 1 aromatic rings. The molecule has 0 amide bonds. The molecule has 0 saturated carbocycles. The second kappa shape index (κ2) is 5.24. The zero-order valence-electron chi connectivity index (χ0n) is 9.95. The van der Waals surface area contributed by atoms with E-state index in [2.05, 4.69) is 4.84 Å². The molecule has 0 atom stereocenters. The molecule has 1 rings (SSSR count). The summed E-state index contributed by atoms with van der Waals surface area (Å²) in [7, 11) is -1.03. The summed E-state index contributed by atoms with van der Waals surface area (Å²) < 4.78 is 25.4. The van der Waals surface area contributed by atoms with Gasteiger partial charge in [-0.3, -0.25) is 0 Å². The van der Waals surface area contributed by atoms with Crippen molar-refractivity contribution in [3.63, 3.8) is 0 Å². The second-order valence-electron chi connectivity index (χ2n) is 3.33. The van der Waals surface area contributed by atoms with Crippen LogP contribution in [-0.4, -0.2) is 38.3 Å². The third-order valence-electron chi connectivity index (χ3n) is 2.36. The highest BCUT2D eigenvalue weighted by Crippen LogP contribution is 2.25. The number of sulfonamides is 1. The molecule has 0 radical (unpaired) electrons. The van der Waals surface area contributed by atoms with E-state index in [4.69, 9.17) is 0 Å². The van der Waals surface area contributed by atoms with Gasteiger partial charge in [0, 0.05) is 19.7 Å². The van der Waals surface area contributed by atoms with Crippen LogP contribution in [-0.2, 0) is 14.9 Å². The fourth-order valence-corrected chi connectivity index (χ4v) is 2.60. The summed E-state index contributed by atoms with van der Waals surface area (Å²) in [5, 5.41) is 0. The zero-order valence-corrected chi connectivity index (χ0v) is 10.8. The maximum absolute atomic E-state index is 12.1. The first kappa shape index (κ1) is 13.6. The Labute approximate surface area is 100 Å². The largest absolute Gasteiger partial charge is 0.336 e. The Morgan fingerprint density at radius 2 is 1.94 bits per heavy atom. The molecule has 0 aliphatic heterocycles. The van der Waals surface area contributed by atoms with Crippen LogP contribution < -0.4 is 0 Å². The Bertz CT molecular complexity index is 513. The minimum Gasteiger partial charge on any atom is -0.230 e. The summed E-state index contributed by atoms with van der Waals surface area (Å²) >= 11 is 0. The van der Waals surface area contributed by atoms with Crippen molar-refractivity contribution in [1.82, 2.24) is 4.31 Å². The Hall–Kier alpha value is -1.47. The second-order valence-corrected chi connectivity index (χ2v) is 5.34. The smallest absolute Gasteiger partial charge is 0.230 e. The van der Waals surface area contributed by atoms with E-state index >= 15 is 0 Å². The van der Waals surface area contributed by atoms with E-state index < -0.39 is 10.0 Å². The fourth-order valence-electron chi connectivity index (χ4n) is 1.26. The molecule has 17 heavy (non-hydrogen) atoms. The molecule has 1 aromatic carbocycles. The van der Waals surface area contributed by atoms with Gasteiger partial charge in [0.15, 0.2) is 12.0 Å². The van der Waals surface area contributed by atoms with Crippen LogP contribution in [0.4, 0.5) is 5.69 Å². The van der Waals surface area contributed by atoms with Crippen LogP contribution in [0.1, 0.15) is 6.92 Å². The molecule has 6 nitrogen and oxygen atoms in total. The van der Waals surface area contributed by atoms with Crippen LogP contribution in [0.3, 0.4) is 0 Å². The predicted octanol–water partition coefficient (Wildman–Crippen LogP) is 1.30. The molecule has 0 heterocycles. The number of hydrogen-bond acceptors (Lipinski definition) is 4. The Kier molecular flexibility index (Phi) is 4.19. The summed E-state index contributed by atoms with van der Waals surface area (Å²) in [5.41, 5.74) is -0.0321. The van der Waals surface area contributed by atoms with Crippen molar-refractivity contribution in [1.29, 1.82) is 0 Å². The van der Waals surface area contributed by atoms with E-state index in [9.17, 15) is 13.3 Å². The topological polar surface area (TPSA) is 66.7 Å². The van der Waals surface area contributed by atoms with E-state index in [1.807, 2.05) is 0 Å². The zero-order chi connectivity index (χ0) is 13.1. The average Bonchev–Trinajstić information content (AvgIpc) is 2.36. The van der Waals surface area contributed by atoms with Gasteiger partial charge in [-0.05, 0) is 6.07 Å². The summed E-state index contributed by atoms with van der Waals surface area (Å²) in [6, 6.07) is 5.90. The Morgan fingerprint density at radius 3 is 2.47 bits per heavy atom. The lowest BCUT2D eigenvalue weighted by Crippen LogP contribution is -2.27. The molecule has 0 N–H and O–H groups in total. The van der Waals surface area contributed by atoms with Gasteiger partial charge in [-0.2, -0.15) is 0 Å². The minimum atomic E-state index is -3.66. The quantitative estimate of drug-likeness (QED) is 0.747. The maximum atomic E-state index is 12.1. The van der Waals surface area contributed by atoms with E-state index in [-0.39, 0.29) is 15.5 Å². The van der Waals surface area contributed by atoms with E-state index in [0.29, 0.717) is 6.54 Å². The van der Waals surface area contributed by atoms with Crippen molar-refractivity contribution in [2.45, 2.75) is 11.8 Å². The highest BCUT2D eigenvalue weighted by molar-refractivity contribution is 7.89. The third kappa shape index (κ3) is 2.62. The van der Waals surface area contributed by atoms with Gasteiger partial charge >= 0.3 is 5.69 Å². The highest BCUT2D eigenvalue weighted by Gasteiger charge is 2.31. The first-order chi connectivity index (χ1) is 7.95. The molecule has 0 fully saturated rings. The molecular weight excluding hydrogens is 244 g/mol. The van der Waals surface area contributed by atoms with Gasteiger partial charge in [-0.25, -0.2) is 17.6 Å². The lowest BCUT2D eigenvalue weighted by atomic mass is 10.3. The number of hydrogen-bond donors (Lipinski definition) is 0. The molecule has 0 aliphatic rings. The molecule has 0 aromatic heterocycles. The molecule has 7 heteroatoms. The van der Waals surface area contributed by atoms with Gasteiger partial charge in [0.2, 0.25) is 10.0 Å². The van der Waals surface area contributed by atoms with Crippen LogP contribution in [0.2, 0.25) is 0 Å². The van der Waals surface area contributed by atoms with Crippen molar-refractivity contribution in [3.8, 4) is 0 Å². The minimum absolute atomic E-state index is 0.0321. The summed E-state index contributed by atoms with van der Waals surface area (Å²) in [6.45, 7) is 2.04. The van der Waals surface area contributed by atoms with Crippen LogP contribution in [0.15, 0.2) is 29.2 Å². The summed E-state index contributed by atoms with van der Waals surface area (Å²) in [6.07, 6.45) is 0. The Morgan fingerprint density at radius 1 is 1.35 bits per heavy atom. The highest BCUT2D eigenvalue weighted by atomic mass is 32.2. The van der Waals surface area contributed by atoms with Crippen LogP contribution in [0.5, 0.6) is 0 Å². The first-order valence-corrected chi connectivity index (χ1v) is 6.45. The lowest BCUT2D eigenvalue weighted by Gasteiger charge is -2.13. The number of para-hydroxylation sites is 1. The van der Waals surface area contributed by atoms with E-state index in [1.54, 1.807) is 19.1 Å². The number of rotatable bonds is 5. The summed E-state index contributed by atoms with van der Waals surface area (Å²) in [4.78, 5) is 16.0. The molecular formula is C10H15N2O4S+. The molecule has 0 saturated heterocycles. The molecule has 0 unspecified atom stereocenters. The van der Waals surface area contributed by atoms with Gasteiger partial charge < -0.3 is 0 Å². The lowest BCUT2D eigenvalue weighted by molar-refractivity contribution is -0.738. The van der Waals surface area contributed by atoms with Crippen molar-refractivity contribution in [3.05, 3.63) is 29.2 Å². The van der Waals surface area contributed by atoms with E-state index in [1.165, 1.54) is 26.3 Å². The molecule has 0 bridgehead atoms. The van der Waals surface area contributed by atoms with Crippen molar-refractivity contribution in [2.24, 2.45) is 0 Å². The first-order valence-electron chi connectivity index (χ1n) is 5.01.